The van der Waals surface area contributed by atoms with Gasteiger partial charge in [0.25, 0.3) is 11.6 Å². The van der Waals surface area contributed by atoms with Crippen molar-refractivity contribution in [2.45, 2.75) is 32.7 Å². The Hall–Kier alpha value is -3.07. The summed E-state index contributed by atoms with van der Waals surface area (Å²) in [6, 6.07) is 6.00. The summed E-state index contributed by atoms with van der Waals surface area (Å²) in [6.07, 6.45) is 4.78. The molecule has 8 nitrogen and oxygen atoms in total. The Bertz CT molecular complexity index is 932. The van der Waals surface area contributed by atoms with Crippen molar-refractivity contribution < 1.29 is 19.2 Å². The zero-order chi connectivity index (χ0) is 20.3. The molecular formula is C19H19N3O5S. The Morgan fingerprint density at radius 3 is 2.61 bits per heavy atom. The number of nitro benzene ring substituents is 1. The van der Waals surface area contributed by atoms with Crippen LogP contribution in [0.15, 0.2) is 30.3 Å². The van der Waals surface area contributed by atoms with E-state index in [1.54, 1.807) is 37.0 Å². The summed E-state index contributed by atoms with van der Waals surface area (Å²) in [5, 5.41) is 11.2. The number of benzene rings is 1. The Morgan fingerprint density at radius 1 is 1.36 bits per heavy atom. The fourth-order valence-corrected chi connectivity index (χ4v) is 3.63. The number of carbonyl (C=O) groups excluding carboxylic acids is 2. The Morgan fingerprint density at radius 2 is 2.04 bits per heavy atom. The van der Waals surface area contributed by atoms with Crippen molar-refractivity contribution in [3.8, 4) is 0 Å². The minimum Gasteiger partial charge on any atom is -0.462 e. The van der Waals surface area contributed by atoms with E-state index in [2.05, 4.69) is 4.98 Å². The first-order valence-electron chi connectivity index (χ1n) is 8.81. The highest BCUT2D eigenvalue weighted by Crippen LogP contribution is 2.36. The maximum atomic E-state index is 12.8. The third kappa shape index (κ3) is 4.42. The number of aryl methyl sites for hydroxylation is 1. The summed E-state index contributed by atoms with van der Waals surface area (Å²) in [7, 11) is 0. The van der Waals surface area contributed by atoms with E-state index in [4.69, 9.17) is 4.74 Å². The van der Waals surface area contributed by atoms with E-state index >= 15 is 0 Å². The van der Waals surface area contributed by atoms with Gasteiger partial charge in [-0.2, -0.15) is 0 Å². The number of amides is 1. The van der Waals surface area contributed by atoms with Gasteiger partial charge in [-0.3, -0.25) is 19.8 Å². The maximum absolute atomic E-state index is 12.8. The molecule has 0 spiro atoms. The number of aromatic nitrogens is 1. The summed E-state index contributed by atoms with van der Waals surface area (Å²) in [6.45, 7) is 3.72. The molecule has 1 aromatic carbocycles. The first-order valence-corrected chi connectivity index (χ1v) is 9.62. The van der Waals surface area contributed by atoms with E-state index in [9.17, 15) is 19.7 Å². The second-order valence-corrected chi connectivity index (χ2v) is 7.23. The number of esters is 1. The largest absolute Gasteiger partial charge is 0.462 e. The second-order valence-electron chi connectivity index (χ2n) is 6.25. The van der Waals surface area contributed by atoms with Gasteiger partial charge in [-0.05, 0) is 50.5 Å². The van der Waals surface area contributed by atoms with Gasteiger partial charge in [0.2, 0.25) is 0 Å². The molecule has 3 rings (SSSR count). The molecule has 1 heterocycles. The van der Waals surface area contributed by atoms with Crippen molar-refractivity contribution in [3.63, 3.8) is 0 Å². The quantitative estimate of drug-likeness (QED) is 0.303. The Labute approximate surface area is 165 Å². The summed E-state index contributed by atoms with van der Waals surface area (Å²) in [4.78, 5) is 41.4. The second kappa shape index (κ2) is 8.30. The molecule has 1 amide bonds. The number of anilines is 1. The summed E-state index contributed by atoms with van der Waals surface area (Å²) in [5.41, 5.74) is 1.21. The number of thiazole rings is 1. The standard InChI is InChI=1S/C19H19N3O5S/c1-3-27-18(24)17-12(2)20-19(28-17)21(14-9-10-14)16(23)11-6-13-4-7-15(8-5-13)22(25)26/h4-8,11,14H,3,9-10H2,1-2H3/b11-6+. The Kier molecular flexibility index (Phi) is 5.84. The number of carbonyl (C=O) groups is 2. The van der Waals surface area contributed by atoms with E-state index in [1.165, 1.54) is 18.2 Å². The molecule has 9 heteroatoms. The maximum Gasteiger partial charge on any atom is 0.350 e. The van der Waals surface area contributed by atoms with Crippen molar-refractivity contribution in [3.05, 3.63) is 56.6 Å². The predicted molar refractivity (Wildman–Crippen MR) is 105 cm³/mol. The zero-order valence-electron chi connectivity index (χ0n) is 15.5. The molecule has 1 aliphatic carbocycles. The van der Waals surface area contributed by atoms with Crippen LogP contribution in [0.1, 0.15) is 40.7 Å². The van der Waals surface area contributed by atoms with Crippen molar-refractivity contribution in [2.24, 2.45) is 0 Å². The van der Waals surface area contributed by atoms with Crippen molar-refractivity contribution >= 4 is 40.1 Å². The van der Waals surface area contributed by atoms with Gasteiger partial charge in [0.1, 0.15) is 4.88 Å². The third-order valence-electron chi connectivity index (χ3n) is 4.12. The summed E-state index contributed by atoms with van der Waals surface area (Å²) in [5.74, 6) is -0.682. The smallest absolute Gasteiger partial charge is 0.350 e. The first-order chi connectivity index (χ1) is 13.4. The van der Waals surface area contributed by atoms with Crippen LogP contribution < -0.4 is 4.90 Å². The average molecular weight is 401 g/mol. The van der Waals surface area contributed by atoms with Crippen molar-refractivity contribution in [2.75, 3.05) is 11.5 Å². The first kappa shape index (κ1) is 19.7. The van der Waals surface area contributed by atoms with Crippen LogP contribution in [-0.4, -0.2) is 34.4 Å². The highest BCUT2D eigenvalue weighted by molar-refractivity contribution is 7.17. The highest BCUT2D eigenvalue weighted by atomic mass is 32.1. The van der Waals surface area contributed by atoms with Crippen LogP contribution in [0.2, 0.25) is 0 Å². The monoisotopic (exact) mass is 401 g/mol. The summed E-state index contributed by atoms with van der Waals surface area (Å²) < 4.78 is 5.04. The third-order valence-corrected chi connectivity index (χ3v) is 5.26. The molecule has 2 aromatic rings. The molecule has 0 saturated heterocycles. The molecular weight excluding hydrogens is 382 g/mol. The van der Waals surface area contributed by atoms with E-state index < -0.39 is 10.9 Å². The zero-order valence-corrected chi connectivity index (χ0v) is 16.3. The van der Waals surface area contributed by atoms with Gasteiger partial charge in [0, 0.05) is 24.3 Å². The molecule has 0 radical (unpaired) electrons. The van der Waals surface area contributed by atoms with Crippen LogP contribution in [0.25, 0.3) is 6.08 Å². The van der Waals surface area contributed by atoms with Crippen LogP contribution >= 0.6 is 11.3 Å². The molecule has 1 saturated carbocycles. The topological polar surface area (TPSA) is 103 Å². The predicted octanol–water partition coefficient (Wildman–Crippen LogP) is 3.75. The lowest BCUT2D eigenvalue weighted by molar-refractivity contribution is -0.384. The van der Waals surface area contributed by atoms with E-state index in [0.29, 0.717) is 21.3 Å². The van der Waals surface area contributed by atoms with Gasteiger partial charge in [0.15, 0.2) is 5.13 Å². The van der Waals surface area contributed by atoms with Crippen LogP contribution in [0.4, 0.5) is 10.8 Å². The lowest BCUT2D eigenvalue weighted by Crippen LogP contribution is -2.31. The van der Waals surface area contributed by atoms with E-state index in [-0.39, 0.29) is 24.2 Å². The molecule has 1 aliphatic rings. The minimum absolute atomic E-state index is 0.00663. The average Bonchev–Trinajstić information content (AvgIpc) is 3.42. The Balaban J connectivity index is 1.79. The molecule has 0 N–H and O–H groups in total. The van der Waals surface area contributed by atoms with E-state index in [0.717, 1.165) is 24.2 Å². The molecule has 0 atom stereocenters. The fourth-order valence-electron chi connectivity index (χ4n) is 2.59. The highest BCUT2D eigenvalue weighted by Gasteiger charge is 2.35. The molecule has 1 aromatic heterocycles. The lowest BCUT2D eigenvalue weighted by atomic mass is 10.2. The number of ether oxygens (including phenoxy) is 1. The molecule has 146 valence electrons. The van der Waals surface area contributed by atoms with Gasteiger partial charge in [-0.15, -0.1) is 0 Å². The number of nitro groups is 1. The lowest BCUT2D eigenvalue weighted by Gasteiger charge is -2.17. The number of nitrogens with zero attached hydrogens (tertiary/aromatic N) is 3. The fraction of sp³-hybridized carbons (Fsp3) is 0.316. The number of hydrogen-bond acceptors (Lipinski definition) is 7. The van der Waals surface area contributed by atoms with Gasteiger partial charge in [0.05, 0.1) is 17.2 Å². The van der Waals surface area contributed by atoms with Gasteiger partial charge >= 0.3 is 5.97 Å². The van der Waals surface area contributed by atoms with Crippen molar-refractivity contribution in [1.29, 1.82) is 0 Å². The minimum atomic E-state index is -0.473. The summed E-state index contributed by atoms with van der Waals surface area (Å²) >= 11 is 1.15. The molecule has 1 fully saturated rings. The SMILES string of the molecule is CCOC(=O)c1sc(N(C(=O)/C=C/c2ccc([N+](=O)[O-])cc2)C2CC2)nc1C. The normalized spacial score (nSPS) is 13.5. The number of rotatable bonds is 7. The van der Waals surface area contributed by atoms with Crippen LogP contribution in [0.3, 0.4) is 0 Å². The van der Waals surface area contributed by atoms with Gasteiger partial charge < -0.3 is 4.74 Å². The van der Waals surface area contributed by atoms with Crippen LogP contribution in [0, 0.1) is 17.0 Å². The number of non-ortho nitro benzene ring substituents is 1. The molecule has 0 bridgehead atoms. The molecule has 28 heavy (non-hydrogen) atoms. The van der Waals surface area contributed by atoms with Crippen molar-refractivity contribution in [1.82, 2.24) is 4.98 Å². The van der Waals surface area contributed by atoms with Gasteiger partial charge in [-0.25, -0.2) is 9.78 Å². The number of hydrogen-bond donors (Lipinski definition) is 0. The van der Waals surface area contributed by atoms with E-state index in [1.807, 2.05) is 0 Å². The molecule has 0 aliphatic heterocycles. The van der Waals surface area contributed by atoms with Crippen LogP contribution in [0.5, 0.6) is 0 Å². The molecule has 0 unspecified atom stereocenters. The van der Waals surface area contributed by atoms with Gasteiger partial charge in [-0.1, -0.05) is 11.3 Å². The van der Waals surface area contributed by atoms with Crippen LogP contribution in [-0.2, 0) is 9.53 Å².